The monoisotopic (exact) mass is 626 g/mol. The Bertz CT molecular complexity index is 1730. The molecule has 0 unspecified atom stereocenters. The van der Waals surface area contributed by atoms with E-state index in [2.05, 4.69) is 15.1 Å². The Morgan fingerprint density at radius 1 is 0.681 bits per heavy atom. The molecule has 1 aliphatic rings. The summed E-state index contributed by atoms with van der Waals surface area (Å²) in [7, 11) is 0. The number of hydrogen-bond acceptors (Lipinski definition) is 6. The number of carbonyl (C=O) groups is 2. The predicted octanol–water partition coefficient (Wildman–Crippen LogP) is 7.46. The summed E-state index contributed by atoms with van der Waals surface area (Å²) in [5.41, 5.74) is 3.15. The van der Waals surface area contributed by atoms with E-state index >= 15 is 0 Å². The Morgan fingerprint density at radius 3 is 1.83 bits per heavy atom. The van der Waals surface area contributed by atoms with Crippen molar-refractivity contribution in [2.45, 2.75) is 18.9 Å². The average molecular weight is 627 g/mol. The van der Waals surface area contributed by atoms with Crippen molar-refractivity contribution < 1.29 is 19.4 Å². The second-order valence-electron chi connectivity index (χ2n) is 11.5. The molecule has 5 aromatic carbocycles. The van der Waals surface area contributed by atoms with Crippen LogP contribution in [0.1, 0.15) is 12.8 Å². The van der Waals surface area contributed by atoms with Crippen LogP contribution in [-0.4, -0.2) is 54.0 Å². The van der Waals surface area contributed by atoms with Crippen molar-refractivity contribution in [3.63, 3.8) is 0 Å². The van der Waals surface area contributed by atoms with Gasteiger partial charge < -0.3 is 20.1 Å². The zero-order valence-corrected chi connectivity index (χ0v) is 26.1. The molecular weight excluding hydrogens is 588 g/mol. The summed E-state index contributed by atoms with van der Waals surface area (Å²) < 4.78 is 5.85. The summed E-state index contributed by atoms with van der Waals surface area (Å²) >= 11 is 0. The number of aromatic hydroxyl groups is 1. The summed E-state index contributed by atoms with van der Waals surface area (Å²) in [6.45, 7) is 1.94. The van der Waals surface area contributed by atoms with Crippen molar-refractivity contribution in [1.82, 2.24) is 4.90 Å². The van der Waals surface area contributed by atoms with Gasteiger partial charge in [-0.05, 0) is 97.8 Å². The van der Waals surface area contributed by atoms with Crippen LogP contribution in [0.15, 0.2) is 140 Å². The Hall–Kier alpha value is -5.60. The molecule has 8 heteroatoms. The number of rotatable bonds is 11. The first-order valence-electron chi connectivity index (χ1n) is 15.9. The largest absolute Gasteiger partial charge is 0.508 e. The smallest absolute Gasteiger partial charge is 0.251 e. The van der Waals surface area contributed by atoms with Crippen molar-refractivity contribution in [1.29, 1.82) is 0 Å². The normalized spacial score (nSPS) is 13.4. The van der Waals surface area contributed by atoms with Crippen LogP contribution in [0.25, 0.3) is 0 Å². The minimum atomic E-state index is -0.0762. The maximum atomic E-state index is 14.1. The van der Waals surface area contributed by atoms with Crippen LogP contribution < -0.4 is 19.9 Å². The third kappa shape index (κ3) is 8.36. The molecule has 0 bridgehead atoms. The second kappa shape index (κ2) is 15.1. The Kier molecular flexibility index (Phi) is 10.1. The van der Waals surface area contributed by atoms with Gasteiger partial charge in [0.15, 0.2) is 0 Å². The van der Waals surface area contributed by atoms with E-state index in [-0.39, 0.29) is 30.2 Å². The Balaban J connectivity index is 1.08. The molecule has 6 rings (SSSR count). The second-order valence-corrected chi connectivity index (χ2v) is 11.5. The SMILES string of the molecule is O=C(CN1CCC(N(CC(=O)N(c2ccccc2)c2ccc(O)cc2)c2ccccc2)CC1)Nc1ccc(Oc2ccccc2)cc1. The number of phenolic OH excluding ortho intramolecular Hbond substituents is 1. The third-order valence-corrected chi connectivity index (χ3v) is 8.25. The standard InChI is InChI=1S/C39H38N4O4/c44-35-20-18-34(19-21-35)43(33-12-6-2-7-13-33)39(46)29-42(31-10-4-1-5-11-31)32-24-26-41(27-25-32)28-38(45)40-30-16-22-37(23-17-30)47-36-14-8-3-9-15-36/h1-23,32,44H,24-29H2,(H,40,45). The number of hydrogen-bond donors (Lipinski definition) is 2. The van der Waals surface area contributed by atoms with Crippen molar-refractivity contribution in [3.05, 3.63) is 140 Å². The molecule has 2 N–H and O–H groups in total. The number of likely N-dealkylation sites (tertiary alicyclic amines) is 1. The zero-order valence-electron chi connectivity index (χ0n) is 26.1. The third-order valence-electron chi connectivity index (χ3n) is 8.25. The number of para-hydroxylation sites is 3. The number of benzene rings is 5. The van der Waals surface area contributed by atoms with Gasteiger partial charge in [-0.25, -0.2) is 0 Å². The number of carbonyl (C=O) groups excluding carboxylic acids is 2. The van der Waals surface area contributed by atoms with Crippen LogP contribution in [0.2, 0.25) is 0 Å². The van der Waals surface area contributed by atoms with Crippen molar-refractivity contribution in [2.75, 3.05) is 41.3 Å². The van der Waals surface area contributed by atoms with Crippen LogP contribution in [0, 0.1) is 0 Å². The van der Waals surface area contributed by atoms with Gasteiger partial charge in [-0.1, -0.05) is 54.6 Å². The van der Waals surface area contributed by atoms with Gasteiger partial charge in [-0.15, -0.1) is 0 Å². The number of nitrogens with one attached hydrogen (secondary N) is 1. The van der Waals surface area contributed by atoms with Gasteiger partial charge in [0.1, 0.15) is 17.2 Å². The molecule has 8 nitrogen and oxygen atoms in total. The van der Waals surface area contributed by atoms with E-state index in [1.807, 2.05) is 115 Å². The first-order valence-corrected chi connectivity index (χ1v) is 15.9. The fourth-order valence-corrected chi connectivity index (χ4v) is 5.91. The number of anilines is 4. The molecule has 0 radical (unpaired) electrons. The maximum absolute atomic E-state index is 14.1. The molecule has 0 saturated carbocycles. The number of phenols is 1. The summed E-state index contributed by atoms with van der Waals surface area (Å²) in [4.78, 5) is 33.1. The predicted molar refractivity (Wildman–Crippen MR) is 187 cm³/mol. The zero-order chi connectivity index (χ0) is 32.4. The summed E-state index contributed by atoms with van der Waals surface area (Å²) in [6.07, 6.45) is 1.62. The summed E-state index contributed by atoms with van der Waals surface area (Å²) in [5, 5.41) is 12.9. The lowest BCUT2D eigenvalue weighted by atomic mass is 10.0. The Morgan fingerprint density at radius 2 is 1.21 bits per heavy atom. The lowest BCUT2D eigenvalue weighted by molar-refractivity contribution is -0.117. The first kappa shape index (κ1) is 31.4. The van der Waals surface area contributed by atoms with E-state index in [4.69, 9.17) is 4.74 Å². The van der Waals surface area contributed by atoms with Crippen LogP contribution in [0.5, 0.6) is 17.2 Å². The maximum Gasteiger partial charge on any atom is 0.251 e. The fourth-order valence-electron chi connectivity index (χ4n) is 5.91. The van der Waals surface area contributed by atoms with E-state index in [1.54, 1.807) is 29.2 Å². The van der Waals surface area contributed by atoms with Gasteiger partial charge in [0.05, 0.1) is 13.1 Å². The molecular formula is C39H38N4O4. The van der Waals surface area contributed by atoms with E-state index in [1.165, 1.54) is 0 Å². The molecule has 0 aliphatic carbocycles. The van der Waals surface area contributed by atoms with Gasteiger partial charge in [0.25, 0.3) is 5.91 Å². The van der Waals surface area contributed by atoms with E-state index < -0.39 is 0 Å². The topological polar surface area (TPSA) is 85.4 Å². The minimum Gasteiger partial charge on any atom is -0.508 e. The van der Waals surface area contributed by atoms with Gasteiger partial charge in [0.2, 0.25) is 5.91 Å². The molecule has 2 amide bonds. The molecule has 1 heterocycles. The quantitative estimate of drug-likeness (QED) is 0.158. The minimum absolute atomic E-state index is 0.0670. The molecule has 0 aromatic heterocycles. The number of ether oxygens (including phenoxy) is 1. The average Bonchev–Trinajstić information content (AvgIpc) is 3.11. The molecule has 0 spiro atoms. The fraction of sp³-hybridized carbons (Fsp3) is 0.179. The van der Waals surface area contributed by atoms with Crippen molar-refractivity contribution in [2.24, 2.45) is 0 Å². The molecule has 47 heavy (non-hydrogen) atoms. The van der Waals surface area contributed by atoms with Crippen LogP contribution in [-0.2, 0) is 9.59 Å². The molecule has 1 aliphatic heterocycles. The molecule has 1 saturated heterocycles. The van der Waals surface area contributed by atoms with Crippen molar-refractivity contribution >= 4 is 34.6 Å². The van der Waals surface area contributed by atoms with Gasteiger partial charge in [0, 0.05) is 41.9 Å². The highest BCUT2D eigenvalue weighted by molar-refractivity contribution is 6.03. The Labute approximate surface area is 275 Å². The highest BCUT2D eigenvalue weighted by Gasteiger charge is 2.29. The van der Waals surface area contributed by atoms with Crippen LogP contribution >= 0.6 is 0 Å². The summed E-state index contributed by atoms with van der Waals surface area (Å²) in [6, 6.07) is 43.3. The van der Waals surface area contributed by atoms with Gasteiger partial charge >= 0.3 is 0 Å². The number of piperidine rings is 1. The first-order chi connectivity index (χ1) is 23.0. The number of nitrogens with zero attached hydrogens (tertiary/aromatic N) is 3. The molecule has 5 aromatic rings. The molecule has 238 valence electrons. The molecule has 0 atom stereocenters. The highest BCUT2D eigenvalue weighted by atomic mass is 16.5. The highest BCUT2D eigenvalue weighted by Crippen LogP contribution is 2.30. The lowest BCUT2D eigenvalue weighted by Crippen LogP contribution is -2.49. The van der Waals surface area contributed by atoms with Crippen LogP contribution in [0.3, 0.4) is 0 Å². The van der Waals surface area contributed by atoms with Gasteiger partial charge in [-0.3, -0.25) is 19.4 Å². The van der Waals surface area contributed by atoms with E-state index in [0.717, 1.165) is 48.7 Å². The van der Waals surface area contributed by atoms with E-state index in [9.17, 15) is 14.7 Å². The lowest BCUT2D eigenvalue weighted by Gasteiger charge is -2.40. The van der Waals surface area contributed by atoms with Crippen LogP contribution in [0.4, 0.5) is 22.7 Å². The van der Waals surface area contributed by atoms with Crippen molar-refractivity contribution in [3.8, 4) is 17.2 Å². The van der Waals surface area contributed by atoms with E-state index in [0.29, 0.717) is 18.0 Å². The summed E-state index contributed by atoms with van der Waals surface area (Å²) in [5.74, 6) is 1.46. The molecule has 1 fully saturated rings. The number of amides is 2. The van der Waals surface area contributed by atoms with Gasteiger partial charge in [-0.2, -0.15) is 0 Å².